The molecule has 0 aromatic heterocycles. The van der Waals surface area contributed by atoms with Crippen molar-refractivity contribution >= 4 is 23.8 Å². The zero-order valence-electron chi connectivity index (χ0n) is 17.9. The van der Waals surface area contributed by atoms with Crippen molar-refractivity contribution in [1.29, 1.82) is 0 Å². The summed E-state index contributed by atoms with van der Waals surface area (Å²) in [6, 6.07) is 19.0. The van der Waals surface area contributed by atoms with Crippen LogP contribution in [0.25, 0.3) is 0 Å². The van der Waals surface area contributed by atoms with Gasteiger partial charge in [-0.2, -0.15) is 11.8 Å². The van der Waals surface area contributed by atoms with Gasteiger partial charge in [-0.1, -0.05) is 60.7 Å². The number of aryl methyl sites for hydroxylation is 1. The molecule has 0 aliphatic heterocycles. The third-order valence-corrected chi connectivity index (χ3v) is 5.15. The molecule has 30 heavy (non-hydrogen) atoms. The van der Waals surface area contributed by atoms with Crippen molar-refractivity contribution in [3.8, 4) is 0 Å². The number of alkyl carbamates (subject to hydrolysis) is 1. The van der Waals surface area contributed by atoms with E-state index in [1.54, 1.807) is 32.5 Å². The lowest BCUT2D eigenvalue weighted by atomic mass is 10.2. The molecule has 6 heteroatoms. The standard InChI is InChI=1S/C24H31NO4S/c1-24(2,3)29-23(27)25-21(22(26)28-18-20-12-8-5-9-13-20)15-17-30-16-14-19-10-6-4-7-11-19/h4-13,21H,14-18H2,1-3H3,(H,25,27)/t21-/m0/s1. The lowest BCUT2D eigenvalue weighted by Gasteiger charge is -2.23. The van der Waals surface area contributed by atoms with Crippen LogP contribution in [-0.2, 0) is 27.3 Å². The number of rotatable bonds is 10. The Kier molecular flexibility index (Phi) is 9.74. The Balaban J connectivity index is 1.84. The first kappa shape index (κ1) is 23.8. The summed E-state index contributed by atoms with van der Waals surface area (Å²) < 4.78 is 10.7. The molecule has 1 N–H and O–H groups in total. The topological polar surface area (TPSA) is 64.6 Å². The number of ether oxygens (including phenoxy) is 2. The zero-order chi connectivity index (χ0) is 21.8. The third kappa shape index (κ3) is 9.83. The molecule has 2 aromatic carbocycles. The molecule has 0 heterocycles. The highest BCUT2D eigenvalue weighted by atomic mass is 32.2. The fourth-order valence-electron chi connectivity index (χ4n) is 2.67. The second kappa shape index (κ2) is 12.3. The Morgan fingerprint density at radius 3 is 2.13 bits per heavy atom. The molecule has 0 fully saturated rings. The number of nitrogens with one attached hydrogen (secondary N) is 1. The third-order valence-electron chi connectivity index (χ3n) is 4.13. The van der Waals surface area contributed by atoms with Crippen molar-refractivity contribution in [2.45, 2.75) is 51.9 Å². The molecular weight excluding hydrogens is 398 g/mol. The average molecular weight is 430 g/mol. The number of esters is 1. The normalized spacial score (nSPS) is 12.1. The highest BCUT2D eigenvalue weighted by Gasteiger charge is 2.25. The number of carbonyl (C=O) groups excluding carboxylic acids is 2. The quantitative estimate of drug-likeness (QED) is 0.426. The minimum Gasteiger partial charge on any atom is -0.459 e. The monoisotopic (exact) mass is 429 g/mol. The lowest BCUT2D eigenvalue weighted by molar-refractivity contribution is -0.147. The number of thioether (sulfide) groups is 1. The van der Waals surface area contributed by atoms with Crippen LogP contribution in [0.4, 0.5) is 4.79 Å². The Bertz CT molecular complexity index is 775. The number of hydrogen-bond donors (Lipinski definition) is 1. The molecule has 2 rings (SSSR count). The summed E-state index contributed by atoms with van der Waals surface area (Å²) in [7, 11) is 0. The van der Waals surface area contributed by atoms with E-state index >= 15 is 0 Å². The van der Waals surface area contributed by atoms with Crippen LogP contribution in [0, 0.1) is 0 Å². The first-order valence-electron chi connectivity index (χ1n) is 10.2. The van der Waals surface area contributed by atoms with E-state index in [1.807, 2.05) is 48.5 Å². The van der Waals surface area contributed by atoms with Crippen molar-refractivity contribution in [2.24, 2.45) is 0 Å². The Morgan fingerprint density at radius 2 is 1.53 bits per heavy atom. The maximum atomic E-state index is 12.6. The van der Waals surface area contributed by atoms with Crippen molar-refractivity contribution in [1.82, 2.24) is 5.32 Å². The average Bonchev–Trinajstić information content (AvgIpc) is 2.71. The maximum absolute atomic E-state index is 12.6. The van der Waals surface area contributed by atoms with Gasteiger partial charge in [0.1, 0.15) is 18.2 Å². The molecule has 0 spiro atoms. The number of amides is 1. The Labute approximate surface area is 183 Å². The highest BCUT2D eigenvalue weighted by Crippen LogP contribution is 2.12. The molecule has 1 atom stereocenters. The Hall–Kier alpha value is -2.47. The molecule has 0 radical (unpaired) electrons. The van der Waals surface area contributed by atoms with Crippen LogP contribution in [0.2, 0.25) is 0 Å². The molecule has 2 aromatic rings. The van der Waals surface area contributed by atoms with Crippen LogP contribution < -0.4 is 5.32 Å². The zero-order valence-corrected chi connectivity index (χ0v) is 18.7. The summed E-state index contributed by atoms with van der Waals surface area (Å²) in [5.41, 5.74) is 1.56. The van der Waals surface area contributed by atoms with Gasteiger partial charge in [-0.15, -0.1) is 0 Å². The number of hydrogen-bond acceptors (Lipinski definition) is 5. The summed E-state index contributed by atoms with van der Waals surface area (Å²) >= 11 is 1.75. The minimum atomic E-state index is -0.743. The second-order valence-electron chi connectivity index (χ2n) is 7.93. The molecule has 1 amide bonds. The fraction of sp³-hybridized carbons (Fsp3) is 0.417. The minimum absolute atomic E-state index is 0.174. The summed E-state index contributed by atoms with van der Waals surface area (Å²) in [5.74, 6) is 1.23. The smallest absolute Gasteiger partial charge is 0.408 e. The largest absolute Gasteiger partial charge is 0.459 e. The van der Waals surface area contributed by atoms with E-state index in [4.69, 9.17) is 9.47 Å². The van der Waals surface area contributed by atoms with Crippen molar-refractivity contribution in [3.05, 3.63) is 71.8 Å². The number of benzene rings is 2. The molecule has 0 bridgehead atoms. The van der Waals surface area contributed by atoms with Gasteiger partial charge < -0.3 is 14.8 Å². The molecule has 0 aliphatic rings. The van der Waals surface area contributed by atoms with Crippen LogP contribution in [0.15, 0.2) is 60.7 Å². The lowest BCUT2D eigenvalue weighted by Crippen LogP contribution is -2.44. The first-order chi connectivity index (χ1) is 14.3. The maximum Gasteiger partial charge on any atom is 0.408 e. The van der Waals surface area contributed by atoms with Crippen molar-refractivity contribution in [3.63, 3.8) is 0 Å². The molecule has 5 nitrogen and oxygen atoms in total. The second-order valence-corrected chi connectivity index (χ2v) is 9.15. The molecule has 0 saturated carbocycles. The molecule has 0 unspecified atom stereocenters. The van der Waals surface area contributed by atoms with E-state index in [-0.39, 0.29) is 6.61 Å². The molecule has 162 valence electrons. The van der Waals surface area contributed by atoms with Gasteiger partial charge in [0.05, 0.1) is 0 Å². The van der Waals surface area contributed by atoms with Crippen LogP contribution in [0.1, 0.15) is 38.3 Å². The summed E-state index contributed by atoms with van der Waals surface area (Å²) in [6.07, 6.45) is 0.832. The van der Waals surface area contributed by atoms with E-state index in [0.717, 1.165) is 23.5 Å². The van der Waals surface area contributed by atoms with Crippen LogP contribution in [-0.4, -0.2) is 35.2 Å². The first-order valence-corrected chi connectivity index (χ1v) is 11.3. The Morgan fingerprint density at radius 1 is 0.933 bits per heavy atom. The molecule has 0 aliphatic carbocycles. The van der Waals surface area contributed by atoms with E-state index < -0.39 is 23.7 Å². The van der Waals surface area contributed by atoms with Gasteiger partial charge >= 0.3 is 12.1 Å². The summed E-state index contributed by atoms with van der Waals surface area (Å²) in [5, 5.41) is 2.67. The molecular formula is C24H31NO4S. The highest BCUT2D eigenvalue weighted by molar-refractivity contribution is 7.99. The fourth-order valence-corrected chi connectivity index (χ4v) is 3.65. The van der Waals surface area contributed by atoms with E-state index in [9.17, 15) is 9.59 Å². The van der Waals surface area contributed by atoms with Gasteiger partial charge in [0, 0.05) is 0 Å². The van der Waals surface area contributed by atoms with Gasteiger partial charge in [-0.25, -0.2) is 9.59 Å². The van der Waals surface area contributed by atoms with Gasteiger partial charge in [-0.05, 0) is 56.2 Å². The SMILES string of the molecule is CC(C)(C)OC(=O)N[C@@H](CCSCCc1ccccc1)C(=O)OCc1ccccc1. The van der Waals surface area contributed by atoms with Crippen LogP contribution in [0.5, 0.6) is 0 Å². The number of carbonyl (C=O) groups is 2. The predicted molar refractivity (Wildman–Crippen MR) is 121 cm³/mol. The van der Waals surface area contributed by atoms with Crippen LogP contribution in [0.3, 0.4) is 0 Å². The van der Waals surface area contributed by atoms with Crippen molar-refractivity contribution < 1.29 is 19.1 Å². The van der Waals surface area contributed by atoms with Gasteiger partial charge in [0.25, 0.3) is 0 Å². The summed E-state index contributed by atoms with van der Waals surface area (Å²) in [6.45, 7) is 5.53. The van der Waals surface area contributed by atoms with E-state index in [2.05, 4.69) is 17.4 Å². The van der Waals surface area contributed by atoms with E-state index in [1.165, 1.54) is 5.56 Å². The van der Waals surface area contributed by atoms with Gasteiger partial charge in [0.2, 0.25) is 0 Å². The predicted octanol–water partition coefficient (Wildman–Crippen LogP) is 4.99. The van der Waals surface area contributed by atoms with Gasteiger partial charge in [-0.3, -0.25) is 0 Å². The van der Waals surface area contributed by atoms with Gasteiger partial charge in [0.15, 0.2) is 0 Å². The molecule has 0 saturated heterocycles. The summed E-state index contributed by atoms with van der Waals surface area (Å²) in [4.78, 5) is 24.8. The van der Waals surface area contributed by atoms with Crippen LogP contribution >= 0.6 is 11.8 Å². The van der Waals surface area contributed by atoms with E-state index in [0.29, 0.717) is 6.42 Å². The van der Waals surface area contributed by atoms with Crippen molar-refractivity contribution in [2.75, 3.05) is 11.5 Å².